The van der Waals surface area contributed by atoms with Gasteiger partial charge in [-0.2, -0.15) is 0 Å². The molecule has 0 aliphatic rings. The summed E-state index contributed by atoms with van der Waals surface area (Å²) in [6, 6.07) is 10.6. The first-order valence-electron chi connectivity index (χ1n) is 6.41. The van der Waals surface area contributed by atoms with E-state index in [9.17, 15) is 4.39 Å². The van der Waals surface area contributed by atoms with Gasteiger partial charge in [0.05, 0.1) is 6.61 Å². The molecule has 0 aromatic heterocycles. The van der Waals surface area contributed by atoms with Crippen molar-refractivity contribution in [1.29, 1.82) is 0 Å². The number of halogens is 1. The van der Waals surface area contributed by atoms with E-state index in [0.29, 0.717) is 23.6 Å². The lowest BCUT2D eigenvalue weighted by Crippen LogP contribution is -1.99. The summed E-state index contributed by atoms with van der Waals surface area (Å²) < 4.78 is 19.8. The summed E-state index contributed by atoms with van der Waals surface area (Å²) in [7, 11) is 0. The number of ether oxygens (including phenoxy) is 1. The SMILES string of the molecule is CCCOc1ccccc1-c1cc(N)c(C)cc1F. The molecule has 0 saturated heterocycles. The van der Waals surface area contributed by atoms with Crippen LogP contribution in [-0.2, 0) is 0 Å². The van der Waals surface area contributed by atoms with Crippen molar-refractivity contribution in [2.75, 3.05) is 12.3 Å². The van der Waals surface area contributed by atoms with Crippen LogP contribution in [-0.4, -0.2) is 6.61 Å². The van der Waals surface area contributed by atoms with Crippen molar-refractivity contribution in [3.8, 4) is 16.9 Å². The van der Waals surface area contributed by atoms with E-state index >= 15 is 0 Å². The van der Waals surface area contributed by atoms with Crippen molar-refractivity contribution in [3.63, 3.8) is 0 Å². The zero-order valence-electron chi connectivity index (χ0n) is 11.2. The topological polar surface area (TPSA) is 35.2 Å². The molecular weight excluding hydrogens is 241 g/mol. The second kappa shape index (κ2) is 5.74. The van der Waals surface area contributed by atoms with Gasteiger partial charge < -0.3 is 10.5 Å². The molecule has 0 amide bonds. The first-order valence-corrected chi connectivity index (χ1v) is 6.41. The number of nitrogen functional groups attached to an aromatic ring is 1. The lowest BCUT2D eigenvalue weighted by Gasteiger charge is -2.13. The summed E-state index contributed by atoms with van der Waals surface area (Å²) in [5.74, 6) is 0.408. The number of aryl methyl sites for hydroxylation is 1. The summed E-state index contributed by atoms with van der Waals surface area (Å²) >= 11 is 0. The lowest BCUT2D eigenvalue weighted by molar-refractivity contribution is 0.318. The fourth-order valence-corrected chi connectivity index (χ4v) is 1.92. The van der Waals surface area contributed by atoms with Crippen LogP contribution in [0.25, 0.3) is 11.1 Å². The van der Waals surface area contributed by atoms with Crippen LogP contribution in [0.1, 0.15) is 18.9 Å². The highest BCUT2D eigenvalue weighted by Crippen LogP contribution is 2.34. The van der Waals surface area contributed by atoms with Crippen molar-refractivity contribution < 1.29 is 9.13 Å². The van der Waals surface area contributed by atoms with Gasteiger partial charge in [-0.25, -0.2) is 4.39 Å². The van der Waals surface area contributed by atoms with Crippen molar-refractivity contribution in [1.82, 2.24) is 0 Å². The fraction of sp³-hybridized carbons (Fsp3) is 0.250. The molecule has 0 atom stereocenters. The van der Waals surface area contributed by atoms with Crippen LogP contribution >= 0.6 is 0 Å². The molecule has 0 aliphatic heterocycles. The Morgan fingerprint density at radius 2 is 1.89 bits per heavy atom. The average molecular weight is 259 g/mol. The van der Waals surface area contributed by atoms with Crippen molar-refractivity contribution in [2.45, 2.75) is 20.3 Å². The van der Waals surface area contributed by atoms with Crippen LogP contribution in [0.5, 0.6) is 5.75 Å². The number of anilines is 1. The molecule has 19 heavy (non-hydrogen) atoms. The first-order chi connectivity index (χ1) is 9.13. The molecule has 0 heterocycles. The third-order valence-electron chi connectivity index (χ3n) is 2.99. The van der Waals surface area contributed by atoms with Crippen LogP contribution in [0.2, 0.25) is 0 Å². The Balaban J connectivity index is 2.49. The molecular formula is C16H18FNO. The minimum Gasteiger partial charge on any atom is -0.493 e. The van der Waals surface area contributed by atoms with Gasteiger partial charge in [-0.1, -0.05) is 25.1 Å². The van der Waals surface area contributed by atoms with E-state index < -0.39 is 0 Å². The third kappa shape index (κ3) is 2.87. The van der Waals surface area contributed by atoms with E-state index in [-0.39, 0.29) is 5.82 Å². The summed E-state index contributed by atoms with van der Waals surface area (Å²) in [5, 5.41) is 0. The van der Waals surface area contributed by atoms with E-state index in [4.69, 9.17) is 10.5 Å². The zero-order chi connectivity index (χ0) is 13.8. The lowest BCUT2D eigenvalue weighted by atomic mass is 10.0. The van der Waals surface area contributed by atoms with Gasteiger partial charge in [-0.3, -0.25) is 0 Å². The van der Waals surface area contributed by atoms with E-state index in [1.165, 1.54) is 6.07 Å². The maximum Gasteiger partial charge on any atom is 0.131 e. The van der Waals surface area contributed by atoms with Crippen molar-refractivity contribution in [3.05, 3.63) is 47.8 Å². The molecule has 0 unspecified atom stereocenters. The van der Waals surface area contributed by atoms with Gasteiger partial charge in [-0.05, 0) is 37.1 Å². The van der Waals surface area contributed by atoms with E-state index in [2.05, 4.69) is 0 Å². The molecule has 100 valence electrons. The standard InChI is InChI=1S/C16H18FNO/c1-3-8-19-16-7-5-4-6-12(16)13-10-15(18)11(2)9-14(13)17/h4-7,9-10H,3,8,18H2,1-2H3. The van der Waals surface area contributed by atoms with Crippen LogP contribution in [0, 0.1) is 12.7 Å². The fourth-order valence-electron chi connectivity index (χ4n) is 1.92. The number of hydrogen-bond donors (Lipinski definition) is 1. The number of rotatable bonds is 4. The average Bonchev–Trinajstić information content (AvgIpc) is 2.41. The second-order valence-electron chi connectivity index (χ2n) is 4.53. The summed E-state index contributed by atoms with van der Waals surface area (Å²) in [4.78, 5) is 0. The van der Waals surface area contributed by atoms with Crippen LogP contribution in [0.15, 0.2) is 36.4 Å². The Bertz CT molecular complexity index is 581. The van der Waals surface area contributed by atoms with E-state index in [1.54, 1.807) is 13.0 Å². The highest BCUT2D eigenvalue weighted by molar-refractivity contribution is 5.74. The molecule has 0 spiro atoms. The summed E-state index contributed by atoms with van der Waals surface area (Å²) in [6.07, 6.45) is 0.910. The Morgan fingerprint density at radius 1 is 1.16 bits per heavy atom. The van der Waals surface area contributed by atoms with Crippen LogP contribution in [0.3, 0.4) is 0 Å². The number of benzene rings is 2. The molecule has 2 aromatic rings. The Kier molecular flexibility index (Phi) is 4.05. The molecule has 0 aliphatic carbocycles. The van der Waals surface area contributed by atoms with Gasteiger partial charge in [-0.15, -0.1) is 0 Å². The highest BCUT2D eigenvalue weighted by atomic mass is 19.1. The highest BCUT2D eigenvalue weighted by Gasteiger charge is 2.12. The Hall–Kier alpha value is -2.03. The maximum atomic E-state index is 14.1. The molecule has 0 saturated carbocycles. The third-order valence-corrected chi connectivity index (χ3v) is 2.99. The van der Waals surface area contributed by atoms with Gasteiger partial charge in [0, 0.05) is 16.8 Å². The minimum atomic E-state index is -0.278. The quantitative estimate of drug-likeness (QED) is 0.836. The molecule has 0 bridgehead atoms. The van der Waals surface area contributed by atoms with Gasteiger partial charge in [0.15, 0.2) is 0 Å². The molecule has 3 heteroatoms. The number of para-hydroxylation sites is 1. The smallest absolute Gasteiger partial charge is 0.131 e. The molecule has 2 N–H and O–H groups in total. The summed E-state index contributed by atoms with van der Waals surface area (Å²) in [6.45, 7) is 4.44. The van der Waals surface area contributed by atoms with Crippen molar-refractivity contribution >= 4 is 5.69 Å². The van der Waals surface area contributed by atoms with Gasteiger partial charge in [0.2, 0.25) is 0 Å². The first kappa shape index (κ1) is 13.4. The minimum absolute atomic E-state index is 0.278. The van der Waals surface area contributed by atoms with Gasteiger partial charge in [0.1, 0.15) is 11.6 Å². The second-order valence-corrected chi connectivity index (χ2v) is 4.53. The monoisotopic (exact) mass is 259 g/mol. The zero-order valence-corrected chi connectivity index (χ0v) is 11.2. The molecule has 2 aromatic carbocycles. The maximum absolute atomic E-state index is 14.1. The van der Waals surface area contributed by atoms with E-state index in [1.807, 2.05) is 31.2 Å². The van der Waals surface area contributed by atoms with Crippen molar-refractivity contribution in [2.24, 2.45) is 0 Å². The molecule has 0 radical (unpaired) electrons. The number of hydrogen-bond acceptors (Lipinski definition) is 2. The van der Waals surface area contributed by atoms with Gasteiger partial charge >= 0.3 is 0 Å². The Morgan fingerprint density at radius 3 is 2.63 bits per heavy atom. The molecule has 0 fully saturated rings. The molecule has 2 rings (SSSR count). The summed E-state index contributed by atoms with van der Waals surface area (Å²) in [5.41, 5.74) is 8.42. The van der Waals surface area contributed by atoms with E-state index in [0.717, 1.165) is 17.5 Å². The van der Waals surface area contributed by atoms with Crippen LogP contribution in [0.4, 0.5) is 10.1 Å². The predicted molar refractivity (Wildman–Crippen MR) is 76.8 cm³/mol. The predicted octanol–water partition coefficient (Wildman–Crippen LogP) is 4.17. The Labute approximate surface area is 113 Å². The molecule has 2 nitrogen and oxygen atoms in total. The van der Waals surface area contributed by atoms with Crippen LogP contribution < -0.4 is 10.5 Å². The largest absolute Gasteiger partial charge is 0.493 e. The number of nitrogens with two attached hydrogens (primary N) is 1. The normalized spacial score (nSPS) is 10.5. The van der Waals surface area contributed by atoms with Gasteiger partial charge in [0.25, 0.3) is 0 Å².